The number of nitrogens with two attached hydrogens (primary N) is 1. The van der Waals surface area contributed by atoms with Crippen LogP contribution in [0.5, 0.6) is 0 Å². The van der Waals surface area contributed by atoms with E-state index in [-0.39, 0.29) is 5.69 Å². The topological polar surface area (TPSA) is 81.1 Å². The van der Waals surface area contributed by atoms with Crippen LogP contribution in [0, 0.1) is 0 Å². The van der Waals surface area contributed by atoms with Crippen molar-refractivity contribution in [1.82, 2.24) is 9.78 Å². The number of benzene rings is 2. The molecule has 0 saturated heterocycles. The molecule has 116 valence electrons. The molecule has 0 spiro atoms. The predicted molar refractivity (Wildman–Crippen MR) is 90.4 cm³/mol. The van der Waals surface area contributed by atoms with E-state index in [1.165, 1.54) is 10.7 Å². The molecular weight excluding hydrogens is 337 g/mol. The molecule has 3 N–H and O–H groups in total. The van der Waals surface area contributed by atoms with Crippen LogP contribution in [0.2, 0.25) is 10.0 Å². The van der Waals surface area contributed by atoms with E-state index in [1.54, 1.807) is 42.5 Å². The van der Waals surface area contributed by atoms with E-state index in [4.69, 9.17) is 28.9 Å². The van der Waals surface area contributed by atoms with Crippen molar-refractivity contribution in [2.24, 2.45) is 0 Å². The molecule has 0 aliphatic rings. The number of nitrogen functional groups attached to an aromatic ring is 1. The van der Waals surface area contributed by atoms with Crippen LogP contribution in [0.4, 0.5) is 5.69 Å². The Labute approximate surface area is 141 Å². The molecule has 5 nitrogen and oxygen atoms in total. The Morgan fingerprint density at radius 2 is 1.74 bits per heavy atom. The molecule has 7 heteroatoms. The third kappa shape index (κ3) is 3.02. The fraction of sp³-hybridized carbons (Fsp3) is 0. The molecule has 0 radical (unpaired) electrons. The number of rotatable bonds is 3. The van der Waals surface area contributed by atoms with Crippen LogP contribution in [0.3, 0.4) is 0 Å². The van der Waals surface area contributed by atoms with Gasteiger partial charge in [0.2, 0.25) is 0 Å². The van der Waals surface area contributed by atoms with Gasteiger partial charge in [0, 0.05) is 11.3 Å². The van der Waals surface area contributed by atoms with E-state index in [0.717, 1.165) is 5.56 Å². The Morgan fingerprint density at radius 3 is 2.35 bits per heavy atom. The van der Waals surface area contributed by atoms with Crippen LogP contribution in [-0.4, -0.2) is 20.9 Å². The molecule has 3 rings (SSSR count). The SMILES string of the molecule is Nc1ccc(-c2cc(C(=O)O)nn2-c2ccc(Cl)c(Cl)c2)cc1. The van der Waals surface area contributed by atoms with E-state index in [2.05, 4.69) is 5.10 Å². The fourth-order valence-electron chi connectivity index (χ4n) is 2.16. The summed E-state index contributed by atoms with van der Waals surface area (Å²) >= 11 is 12.0. The fourth-order valence-corrected chi connectivity index (χ4v) is 2.45. The summed E-state index contributed by atoms with van der Waals surface area (Å²) in [4.78, 5) is 11.3. The average Bonchev–Trinajstić information content (AvgIpc) is 2.96. The van der Waals surface area contributed by atoms with Crippen LogP contribution >= 0.6 is 23.2 Å². The first-order chi connectivity index (χ1) is 11.0. The van der Waals surface area contributed by atoms with Gasteiger partial charge >= 0.3 is 5.97 Å². The smallest absolute Gasteiger partial charge is 0.356 e. The summed E-state index contributed by atoms with van der Waals surface area (Å²) in [6.07, 6.45) is 0. The summed E-state index contributed by atoms with van der Waals surface area (Å²) in [7, 11) is 0. The van der Waals surface area contributed by atoms with Crippen LogP contribution in [0.1, 0.15) is 10.5 Å². The van der Waals surface area contributed by atoms with Crippen LogP contribution in [0.15, 0.2) is 48.5 Å². The molecule has 0 aliphatic heterocycles. The quantitative estimate of drug-likeness (QED) is 0.698. The number of hydrogen-bond donors (Lipinski definition) is 2. The van der Waals surface area contributed by atoms with Gasteiger partial charge in [-0.25, -0.2) is 9.48 Å². The summed E-state index contributed by atoms with van der Waals surface area (Å²) in [6, 6.07) is 13.5. The Morgan fingerprint density at radius 1 is 1.04 bits per heavy atom. The number of carboxylic acids is 1. The van der Waals surface area contributed by atoms with Gasteiger partial charge in [-0.3, -0.25) is 0 Å². The first-order valence-electron chi connectivity index (χ1n) is 6.60. The third-order valence-electron chi connectivity index (χ3n) is 3.28. The summed E-state index contributed by atoms with van der Waals surface area (Å²) in [5, 5.41) is 14.1. The summed E-state index contributed by atoms with van der Waals surface area (Å²) in [6.45, 7) is 0. The largest absolute Gasteiger partial charge is 0.476 e. The number of carboxylic acid groups (broad SMARTS) is 1. The molecule has 1 aromatic heterocycles. The lowest BCUT2D eigenvalue weighted by Gasteiger charge is -2.09. The minimum Gasteiger partial charge on any atom is -0.476 e. The van der Waals surface area contributed by atoms with E-state index in [0.29, 0.717) is 27.1 Å². The Balaban J connectivity index is 2.20. The molecule has 0 fully saturated rings. The minimum atomic E-state index is -1.11. The molecule has 0 saturated carbocycles. The average molecular weight is 348 g/mol. The van der Waals surface area contributed by atoms with Crippen molar-refractivity contribution in [2.45, 2.75) is 0 Å². The number of nitrogens with zero attached hydrogens (tertiary/aromatic N) is 2. The number of hydrogen-bond acceptors (Lipinski definition) is 3. The molecule has 0 unspecified atom stereocenters. The second-order valence-corrected chi connectivity index (χ2v) is 5.67. The van der Waals surface area contributed by atoms with Gasteiger partial charge in [0.05, 0.1) is 21.4 Å². The maximum Gasteiger partial charge on any atom is 0.356 e. The molecule has 0 atom stereocenters. The van der Waals surface area contributed by atoms with Gasteiger partial charge in [-0.05, 0) is 36.4 Å². The van der Waals surface area contributed by atoms with Gasteiger partial charge in [-0.2, -0.15) is 5.10 Å². The molecule has 0 bridgehead atoms. The van der Waals surface area contributed by atoms with Gasteiger partial charge in [0.15, 0.2) is 5.69 Å². The molecule has 2 aromatic carbocycles. The lowest BCUT2D eigenvalue weighted by atomic mass is 10.1. The van der Waals surface area contributed by atoms with Gasteiger partial charge in [0.25, 0.3) is 0 Å². The second-order valence-electron chi connectivity index (χ2n) is 4.85. The monoisotopic (exact) mass is 347 g/mol. The third-order valence-corrected chi connectivity index (χ3v) is 4.02. The Hall–Kier alpha value is -2.50. The zero-order chi connectivity index (χ0) is 16.6. The highest BCUT2D eigenvalue weighted by molar-refractivity contribution is 6.42. The van der Waals surface area contributed by atoms with Crippen LogP contribution < -0.4 is 5.73 Å². The lowest BCUT2D eigenvalue weighted by Crippen LogP contribution is -2.02. The van der Waals surface area contributed by atoms with Crippen molar-refractivity contribution >= 4 is 34.9 Å². The Bertz CT molecular complexity index is 889. The van der Waals surface area contributed by atoms with Crippen molar-refractivity contribution in [2.75, 3.05) is 5.73 Å². The lowest BCUT2D eigenvalue weighted by molar-refractivity contribution is 0.0690. The van der Waals surface area contributed by atoms with Crippen molar-refractivity contribution in [3.63, 3.8) is 0 Å². The summed E-state index contributed by atoms with van der Waals surface area (Å²) in [5.41, 5.74) is 8.25. The van der Waals surface area contributed by atoms with Gasteiger partial charge in [-0.1, -0.05) is 35.3 Å². The van der Waals surface area contributed by atoms with Crippen LogP contribution in [-0.2, 0) is 0 Å². The number of anilines is 1. The number of halogens is 2. The van der Waals surface area contributed by atoms with Crippen molar-refractivity contribution < 1.29 is 9.90 Å². The first-order valence-corrected chi connectivity index (χ1v) is 7.36. The highest BCUT2D eigenvalue weighted by atomic mass is 35.5. The zero-order valence-corrected chi connectivity index (χ0v) is 13.2. The summed E-state index contributed by atoms with van der Waals surface area (Å²) < 4.78 is 1.51. The van der Waals surface area contributed by atoms with Crippen molar-refractivity contribution in [1.29, 1.82) is 0 Å². The molecule has 1 heterocycles. The number of aromatic carboxylic acids is 1. The van der Waals surface area contributed by atoms with Crippen molar-refractivity contribution in [3.8, 4) is 16.9 Å². The minimum absolute atomic E-state index is 0.0668. The van der Waals surface area contributed by atoms with E-state index in [9.17, 15) is 9.90 Å². The summed E-state index contributed by atoms with van der Waals surface area (Å²) in [5.74, 6) is -1.11. The highest BCUT2D eigenvalue weighted by Gasteiger charge is 2.16. The molecule has 0 aliphatic carbocycles. The number of aromatic nitrogens is 2. The van der Waals surface area contributed by atoms with E-state index in [1.807, 2.05) is 0 Å². The molecule has 0 amide bonds. The van der Waals surface area contributed by atoms with Gasteiger partial charge < -0.3 is 10.8 Å². The normalized spacial score (nSPS) is 10.7. The van der Waals surface area contributed by atoms with E-state index >= 15 is 0 Å². The van der Waals surface area contributed by atoms with Gasteiger partial charge in [-0.15, -0.1) is 0 Å². The van der Waals surface area contributed by atoms with Crippen LogP contribution in [0.25, 0.3) is 16.9 Å². The van der Waals surface area contributed by atoms with E-state index < -0.39 is 5.97 Å². The van der Waals surface area contributed by atoms with Gasteiger partial charge in [0.1, 0.15) is 0 Å². The zero-order valence-electron chi connectivity index (χ0n) is 11.7. The maximum absolute atomic E-state index is 11.3. The first kappa shape index (κ1) is 15.4. The molecule has 3 aromatic rings. The molecular formula is C16H11Cl2N3O2. The van der Waals surface area contributed by atoms with Crippen molar-refractivity contribution in [3.05, 3.63) is 64.3 Å². The molecule has 23 heavy (non-hydrogen) atoms. The highest BCUT2D eigenvalue weighted by Crippen LogP contribution is 2.29. The Kier molecular flexibility index (Phi) is 3.98. The maximum atomic E-state index is 11.3. The second kappa shape index (κ2) is 5.95. The standard InChI is InChI=1S/C16H11Cl2N3O2/c17-12-6-5-11(7-13(12)18)21-15(8-14(20-21)16(22)23)9-1-3-10(19)4-2-9/h1-8H,19H2,(H,22,23). The number of carbonyl (C=O) groups is 1. The predicted octanol–water partition coefficient (Wildman–Crippen LogP) is 4.13.